The van der Waals surface area contributed by atoms with Crippen LogP contribution in [0.2, 0.25) is 0 Å². The van der Waals surface area contributed by atoms with Gasteiger partial charge in [0.25, 0.3) is 5.91 Å². The molecule has 11 N–H and O–H groups in total. The molecule has 2 aliphatic carbocycles. The third kappa shape index (κ3) is 7.33. The molecule has 4 aliphatic rings. The van der Waals surface area contributed by atoms with E-state index in [-0.39, 0.29) is 39.1 Å². The normalized spacial score (nSPS) is 29.4. The number of rotatable bonds is 10. The number of aliphatic hydroxyl groups excluding tert-OH is 5. The fourth-order valence-electron chi connectivity index (χ4n) is 8.48. The predicted octanol–water partition coefficient (Wildman–Crippen LogP) is -1.02. The van der Waals surface area contributed by atoms with Crippen molar-refractivity contribution in [3.05, 3.63) is 68.8 Å². The molecule has 334 valence electrons. The minimum atomic E-state index is -1.88. The van der Waals surface area contributed by atoms with Crippen LogP contribution in [0.25, 0.3) is 11.1 Å². The number of fused-ring (bicyclic) bond motifs is 5. The summed E-state index contributed by atoms with van der Waals surface area (Å²) in [5.74, 6) is -5.97. The maximum absolute atomic E-state index is 14.1. The Morgan fingerprint density at radius 3 is 2.15 bits per heavy atom. The van der Waals surface area contributed by atoms with Crippen molar-refractivity contribution in [2.24, 2.45) is 0 Å². The highest BCUT2D eigenvalue weighted by Crippen LogP contribution is 2.57. The van der Waals surface area contributed by atoms with Crippen molar-refractivity contribution >= 4 is 23.4 Å². The molecule has 21 heteroatoms. The second kappa shape index (κ2) is 17.1. The molecule has 2 aliphatic heterocycles. The molecular weight excluding hydrogens is 822 g/mol. The number of carbonyl (C=O) groups is 4. The first-order valence-corrected chi connectivity index (χ1v) is 19.5. The summed E-state index contributed by atoms with van der Waals surface area (Å²) in [4.78, 5) is 59.2. The highest BCUT2D eigenvalue weighted by atomic mass is 16.7. The minimum Gasteiger partial charge on any atom is -0.507 e. The number of phenolic OH excluding ortho intramolecular Hbond substituents is 3. The fraction of sp³-hybridized carbons (Fsp3) is 0.463. The fourth-order valence-corrected chi connectivity index (χ4v) is 8.48. The number of hydrogen-bond acceptors (Lipinski definition) is 20. The lowest BCUT2D eigenvalue weighted by Crippen LogP contribution is -2.65. The van der Waals surface area contributed by atoms with Crippen molar-refractivity contribution in [1.82, 2.24) is 16.1 Å². The van der Waals surface area contributed by atoms with Gasteiger partial charge >= 0.3 is 5.97 Å². The highest BCUT2D eigenvalue weighted by Gasteiger charge is 2.51. The number of methoxy groups -OCH3 is 1. The summed E-state index contributed by atoms with van der Waals surface area (Å²) >= 11 is 0. The van der Waals surface area contributed by atoms with Crippen molar-refractivity contribution in [2.75, 3.05) is 27.8 Å². The Hall–Kier alpha value is -5.30. The maximum Gasteiger partial charge on any atom is 0.346 e. The summed E-state index contributed by atoms with van der Waals surface area (Å²) < 4.78 is 29.0. The number of nitrogens with one attached hydrogen (secondary N) is 3. The number of ether oxygens (including phenoxy) is 5. The molecule has 2 fully saturated rings. The third-order valence-electron chi connectivity index (χ3n) is 11.6. The van der Waals surface area contributed by atoms with Gasteiger partial charge in [0.1, 0.15) is 71.8 Å². The number of amides is 1. The first-order chi connectivity index (χ1) is 29.4. The Morgan fingerprint density at radius 1 is 0.823 bits per heavy atom. The third-order valence-corrected chi connectivity index (χ3v) is 11.6. The van der Waals surface area contributed by atoms with E-state index in [2.05, 4.69) is 16.1 Å². The molecule has 1 amide bonds. The number of aryl methyl sites for hydroxylation is 1. The number of hydroxylamine groups is 1. The summed E-state index contributed by atoms with van der Waals surface area (Å²) in [5.41, 5.74) is -0.946. The maximum atomic E-state index is 14.1. The van der Waals surface area contributed by atoms with Crippen LogP contribution in [0.15, 0.2) is 24.3 Å². The van der Waals surface area contributed by atoms with Gasteiger partial charge < -0.3 is 80.0 Å². The monoisotopic (exact) mass is 869 g/mol. The van der Waals surface area contributed by atoms with Crippen LogP contribution in [0, 0.1) is 6.92 Å². The summed E-state index contributed by atoms with van der Waals surface area (Å²) in [5, 5.41) is 95.4. The zero-order valence-corrected chi connectivity index (χ0v) is 34.1. The van der Waals surface area contributed by atoms with Crippen molar-refractivity contribution in [3.8, 4) is 34.1 Å². The van der Waals surface area contributed by atoms with Crippen LogP contribution in [0.4, 0.5) is 0 Å². The Balaban J connectivity index is 1.36. The molecule has 3 aromatic carbocycles. The quantitative estimate of drug-likeness (QED) is 0.0850. The van der Waals surface area contributed by atoms with Crippen LogP contribution < -0.4 is 20.9 Å². The molecular formula is C41H47N3O18. The van der Waals surface area contributed by atoms with Crippen molar-refractivity contribution in [3.63, 3.8) is 0 Å². The summed E-state index contributed by atoms with van der Waals surface area (Å²) in [6.45, 7) is 3.94. The number of likely N-dealkylation sites (N-methyl/N-ethyl adjacent to an activating group) is 1. The molecule has 2 saturated heterocycles. The summed E-state index contributed by atoms with van der Waals surface area (Å²) in [6.07, 6.45) is -15.5. The van der Waals surface area contributed by atoms with Crippen LogP contribution in [-0.4, -0.2) is 153 Å². The van der Waals surface area contributed by atoms with Gasteiger partial charge in [-0.25, -0.2) is 4.79 Å². The second-order valence-electron chi connectivity index (χ2n) is 15.4. The molecule has 0 spiro atoms. The standard InChI is InChI=1S/C41H47N3O18/c1-12-7-19-25(32(51)22(12)38(55)44-13(2)39(56)62-43-5)24-17(10-18-26(33(24)52)29(48)16-8-15(57-6)9-20(45)23(16)28(18)47)30(49)36(19)60-41-35(54)37(27(42-4)14(3)59-41)61-40-34(53)31(50)21(46)11-58-40/h7-10,13-14,21,27,30-31,34-37,40-43,45-46,49-54H,11H2,1-6H3,(H,44,55)/t13-,14?,21?,27?,30+,31?,34?,35?,36+,37?,40?,41?/m1/s1. The zero-order chi connectivity index (χ0) is 45.2. The van der Waals surface area contributed by atoms with Gasteiger partial charge in [0.15, 0.2) is 24.1 Å². The molecule has 12 atom stereocenters. The van der Waals surface area contributed by atoms with E-state index < -0.39 is 143 Å². The Labute approximate surface area is 352 Å². The van der Waals surface area contributed by atoms with Gasteiger partial charge in [-0.05, 0) is 56.6 Å². The van der Waals surface area contributed by atoms with Gasteiger partial charge in [-0.2, -0.15) is 5.48 Å². The highest BCUT2D eigenvalue weighted by molar-refractivity contribution is 6.31. The lowest BCUT2D eigenvalue weighted by molar-refractivity contribution is -0.339. The lowest BCUT2D eigenvalue weighted by Gasteiger charge is -2.47. The van der Waals surface area contributed by atoms with Gasteiger partial charge in [-0.3, -0.25) is 14.4 Å². The minimum absolute atomic E-state index is 0.0228. The van der Waals surface area contributed by atoms with Gasteiger partial charge in [0.2, 0.25) is 0 Å². The predicted molar refractivity (Wildman–Crippen MR) is 208 cm³/mol. The van der Waals surface area contributed by atoms with Gasteiger partial charge in [-0.15, -0.1) is 0 Å². The molecule has 7 rings (SSSR count). The van der Waals surface area contributed by atoms with Crippen LogP contribution in [0.5, 0.6) is 23.0 Å². The van der Waals surface area contributed by atoms with E-state index in [0.29, 0.717) is 0 Å². The molecule has 0 bridgehead atoms. The average molecular weight is 870 g/mol. The molecule has 0 aromatic heterocycles. The number of benzene rings is 3. The topological polar surface area (TPSA) is 322 Å². The Morgan fingerprint density at radius 2 is 1.48 bits per heavy atom. The van der Waals surface area contributed by atoms with Gasteiger partial charge in [0, 0.05) is 35.4 Å². The van der Waals surface area contributed by atoms with Crippen LogP contribution in [0.1, 0.15) is 84.9 Å². The molecule has 62 heavy (non-hydrogen) atoms. The lowest BCUT2D eigenvalue weighted by atomic mass is 9.74. The number of carbonyl (C=O) groups excluding carboxylic acids is 4. The van der Waals surface area contributed by atoms with Crippen molar-refractivity contribution in [2.45, 2.75) is 94.3 Å². The molecule has 3 aromatic rings. The van der Waals surface area contributed by atoms with Crippen LogP contribution in [0.3, 0.4) is 0 Å². The van der Waals surface area contributed by atoms with E-state index in [4.69, 9.17) is 28.5 Å². The first-order valence-electron chi connectivity index (χ1n) is 19.5. The molecule has 9 unspecified atom stereocenters. The number of hydrogen-bond donors (Lipinski definition) is 11. The number of ketones is 2. The first kappa shape index (κ1) is 44.7. The number of aromatic hydroxyl groups is 3. The molecule has 21 nitrogen and oxygen atoms in total. The second-order valence-corrected chi connectivity index (χ2v) is 15.4. The Kier molecular flexibility index (Phi) is 12.3. The van der Waals surface area contributed by atoms with E-state index >= 15 is 0 Å². The number of phenols is 3. The van der Waals surface area contributed by atoms with Gasteiger partial charge in [-0.1, -0.05) is 6.07 Å². The van der Waals surface area contributed by atoms with E-state index in [1.54, 1.807) is 14.0 Å². The SMILES string of the molecule is CNOC(=O)[C@@H](C)NC(=O)c1c(C)cc2c(c1O)-c1c(cc3c(c1O)C(=O)c1cc(OC)cc(O)c1C3=O)[C@H](O)[C@H]2OC1OC(C)C(NC)C(OC2OCC(O)C(O)C2O)C1O. The number of aliphatic hydroxyl groups is 5. The summed E-state index contributed by atoms with van der Waals surface area (Å²) in [6, 6.07) is 2.69. The van der Waals surface area contributed by atoms with E-state index in [9.17, 15) is 60.0 Å². The van der Waals surface area contributed by atoms with Gasteiger partial charge in [0.05, 0.1) is 42.6 Å². The van der Waals surface area contributed by atoms with E-state index in [1.165, 1.54) is 40.1 Å². The van der Waals surface area contributed by atoms with Crippen LogP contribution in [-0.2, 0) is 28.6 Å². The zero-order valence-electron chi connectivity index (χ0n) is 34.1. The average Bonchev–Trinajstić information content (AvgIpc) is 3.22. The van der Waals surface area contributed by atoms with E-state index in [1.807, 2.05) is 0 Å². The largest absolute Gasteiger partial charge is 0.507 e. The van der Waals surface area contributed by atoms with Crippen molar-refractivity contribution < 1.29 is 88.6 Å². The Bertz CT molecular complexity index is 2320. The van der Waals surface area contributed by atoms with Crippen LogP contribution >= 0.6 is 0 Å². The van der Waals surface area contributed by atoms with Crippen molar-refractivity contribution in [1.29, 1.82) is 0 Å². The molecule has 0 saturated carbocycles. The molecule has 2 heterocycles. The smallest absolute Gasteiger partial charge is 0.346 e. The summed E-state index contributed by atoms with van der Waals surface area (Å²) in [7, 11) is 4.14. The molecule has 0 radical (unpaired) electrons. The van der Waals surface area contributed by atoms with E-state index in [0.717, 1.165) is 12.1 Å².